The van der Waals surface area contributed by atoms with Gasteiger partial charge >= 0.3 is 12.4 Å². The number of hydrogen-bond donors (Lipinski definition) is 0. The van der Waals surface area contributed by atoms with Crippen molar-refractivity contribution in [2.45, 2.75) is 12.4 Å². The first-order valence-electron chi connectivity index (χ1n) is 32.5. The zero-order valence-electron chi connectivity index (χ0n) is 51.8. The van der Waals surface area contributed by atoms with Crippen LogP contribution in [0.15, 0.2) is 303 Å². The Bertz CT molecular complexity index is 6290. The lowest BCUT2D eigenvalue weighted by atomic mass is 9.92. The van der Waals surface area contributed by atoms with E-state index >= 15 is 26.3 Å². The summed E-state index contributed by atoms with van der Waals surface area (Å²) in [7, 11) is 0. The Labute approximate surface area is 553 Å². The molecule has 0 aliphatic carbocycles. The first kappa shape index (κ1) is 55.9. The molecule has 20 aromatic rings. The number of para-hydroxylation sites is 11. The largest absolute Gasteiger partial charge is 0.416 e. The molecule has 6 aromatic heterocycles. The Balaban J connectivity index is 1.20. The van der Waals surface area contributed by atoms with Crippen molar-refractivity contribution in [3.05, 3.63) is 314 Å². The van der Waals surface area contributed by atoms with E-state index in [1.165, 1.54) is 0 Å². The van der Waals surface area contributed by atoms with Crippen LogP contribution in [0.5, 0.6) is 0 Å². The number of fused-ring (bicyclic) bond motifs is 19. The van der Waals surface area contributed by atoms with Gasteiger partial charge in [0.2, 0.25) is 0 Å². The Morgan fingerprint density at radius 1 is 0.204 bits per heavy atom. The first-order chi connectivity index (χ1) is 48.0. The molecule has 0 N–H and O–H groups in total. The van der Waals surface area contributed by atoms with E-state index in [1.807, 2.05) is 176 Å². The molecule has 6 nitrogen and oxygen atoms in total. The normalized spacial score (nSPS) is 12.6. The zero-order valence-corrected chi connectivity index (χ0v) is 51.8. The van der Waals surface area contributed by atoms with E-state index in [2.05, 4.69) is 137 Å². The monoisotopic (exact) mass is 1280 g/mol. The van der Waals surface area contributed by atoms with Crippen molar-refractivity contribution in [2.75, 3.05) is 0 Å². The smallest absolute Gasteiger partial charge is 0.309 e. The Kier molecular flexibility index (Phi) is 11.7. The quantitative estimate of drug-likeness (QED) is 0.142. The van der Waals surface area contributed by atoms with Gasteiger partial charge in [-0.2, -0.15) is 26.3 Å². The number of hydrogen-bond acceptors (Lipinski definition) is 0. The fourth-order valence-electron chi connectivity index (χ4n) is 16.4. The summed E-state index contributed by atoms with van der Waals surface area (Å²) in [5.41, 5.74) is 9.13. The SMILES string of the molecule is FC(F)(F)c1cc(-c2c(-n3c4ccccc4c4ccccc43)c(-n3c4ccccc4c4ccccc43)c(-n3c4ccccc4c4ccc5c(c6ccccc6n5-c5ccccc5)c43)c(-n3c4ccccc4c4ccccc43)c2-n2c3ccccc3c3ccccc32)cc(C(F)(F)F)c1. The fraction of sp³-hybridized carbons (Fsp3) is 0.0233. The van der Waals surface area contributed by atoms with Gasteiger partial charge in [0.25, 0.3) is 0 Å². The second-order valence-corrected chi connectivity index (χ2v) is 25.3. The molecule has 0 fully saturated rings. The topological polar surface area (TPSA) is 29.6 Å². The first-order valence-corrected chi connectivity index (χ1v) is 32.5. The summed E-state index contributed by atoms with van der Waals surface area (Å²) in [6.07, 6.45) is -10.5. The standard InChI is InChI=1S/C86H50F6N6/c87-85(88,89)52-48-51(49-53(50-52)86(90,91)92)77-80(94-66-36-14-4-26-55(66)56-27-5-15-37-67(56)94)82(96-70-40-18-8-30-59(70)60-31-9-19-41-71(60)96)84(98-74-44-22-12-34-63(74)64-46-47-76-78(79(64)98)65-35-13-23-45-75(65)93(76)54-24-2-1-3-25-54)83(97-72-42-20-10-32-61(72)62-33-11-21-43-73(62)97)81(77)95-68-38-16-6-28-57(68)58-29-7-17-39-69(58)95/h1-50H. The van der Waals surface area contributed by atoms with Gasteiger partial charge in [-0.15, -0.1) is 0 Å². The number of rotatable bonds is 7. The molecule has 0 saturated carbocycles. The van der Waals surface area contributed by atoms with Crippen molar-refractivity contribution in [1.82, 2.24) is 27.4 Å². The average Bonchev–Trinajstić information content (AvgIpc) is 1.40. The maximum Gasteiger partial charge on any atom is 0.416 e. The fourth-order valence-corrected chi connectivity index (χ4v) is 16.4. The minimum Gasteiger partial charge on any atom is -0.309 e. The predicted molar refractivity (Wildman–Crippen MR) is 388 cm³/mol. The van der Waals surface area contributed by atoms with Gasteiger partial charge in [0.05, 0.1) is 106 Å². The second kappa shape index (κ2) is 20.5. The van der Waals surface area contributed by atoms with Crippen LogP contribution < -0.4 is 0 Å². The third-order valence-electron chi connectivity index (χ3n) is 20.2. The lowest BCUT2D eigenvalue weighted by molar-refractivity contribution is -0.143. The van der Waals surface area contributed by atoms with Crippen LogP contribution in [0, 0.1) is 0 Å². The van der Waals surface area contributed by atoms with Crippen molar-refractivity contribution in [2.24, 2.45) is 0 Å². The minimum absolute atomic E-state index is 0.101. The molecule has 20 rings (SSSR count). The highest BCUT2D eigenvalue weighted by Crippen LogP contribution is 2.56. The van der Waals surface area contributed by atoms with Crippen LogP contribution in [0.2, 0.25) is 0 Å². The molecule has 6 heterocycles. The summed E-state index contributed by atoms with van der Waals surface area (Å²) in [5, 5.41) is 10.5. The predicted octanol–water partition coefficient (Wildman–Crippen LogP) is 24.0. The van der Waals surface area contributed by atoms with Crippen LogP contribution in [0.1, 0.15) is 11.1 Å². The third kappa shape index (κ3) is 7.76. The number of benzene rings is 14. The molecule has 466 valence electrons. The van der Waals surface area contributed by atoms with E-state index in [4.69, 9.17) is 0 Å². The van der Waals surface area contributed by atoms with Crippen molar-refractivity contribution in [3.63, 3.8) is 0 Å². The third-order valence-corrected chi connectivity index (χ3v) is 20.2. The molecule has 0 spiro atoms. The molecule has 14 aromatic carbocycles. The molecule has 0 bridgehead atoms. The molecule has 12 heteroatoms. The van der Waals surface area contributed by atoms with E-state index in [1.54, 1.807) is 0 Å². The molecule has 98 heavy (non-hydrogen) atoms. The van der Waals surface area contributed by atoms with Crippen LogP contribution in [-0.4, -0.2) is 27.4 Å². The molecular formula is C86H50F6N6. The van der Waals surface area contributed by atoms with Gasteiger partial charge in [-0.1, -0.05) is 206 Å². The van der Waals surface area contributed by atoms with Crippen molar-refractivity contribution >= 4 is 131 Å². The molecule has 0 radical (unpaired) electrons. The van der Waals surface area contributed by atoms with E-state index in [9.17, 15) is 0 Å². The molecule has 0 atom stereocenters. The number of aromatic nitrogens is 6. The van der Waals surface area contributed by atoms with Crippen LogP contribution in [0.25, 0.3) is 176 Å². The zero-order chi connectivity index (χ0) is 65.4. The second-order valence-electron chi connectivity index (χ2n) is 25.3. The van der Waals surface area contributed by atoms with Crippen molar-refractivity contribution in [1.29, 1.82) is 0 Å². The van der Waals surface area contributed by atoms with Crippen LogP contribution in [0.3, 0.4) is 0 Å². The Morgan fingerprint density at radius 3 is 0.806 bits per heavy atom. The van der Waals surface area contributed by atoms with Crippen LogP contribution in [0.4, 0.5) is 26.3 Å². The summed E-state index contributed by atoms with van der Waals surface area (Å²) in [6.45, 7) is 0. The van der Waals surface area contributed by atoms with Crippen molar-refractivity contribution in [3.8, 4) is 45.3 Å². The summed E-state index contributed by atoms with van der Waals surface area (Å²) in [5.74, 6) is 0. The highest BCUT2D eigenvalue weighted by atomic mass is 19.4. The van der Waals surface area contributed by atoms with Gasteiger partial charge in [0, 0.05) is 75.9 Å². The molecule has 0 amide bonds. The molecule has 0 aliphatic heterocycles. The van der Waals surface area contributed by atoms with E-state index in [-0.39, 0.29) is 17.2 Å². The summed E-state index contributed by atoms with van der Waals surface area (Å²) < 4.78 is 112. The number of nitrogens with zero attached hydrogens (tertiary/aromatic N) is 6. The maximum absolute atomic E-state index is 16.4. The summed E-state index contributed by atoms with van der Waals surface area (Å²) in [6, 6.07) is 98.0. The van der Waals surface area contributed by atoms with E-state index in [0.29, 0.717) is 50.5 Å². The van der Waals surface area contributed by atoms with Gasteiger partial charge in [-0.25, -0.2) is 0 Å². The van der Waals surface area contributed by atoms with Crippen LogP contribution >= 0.6 is 0 Å². The number of alkyl halides is 6. The average molecular weight is 1280 g/mol. The van der Waals surface area contributed by atoms with Gasteiger partial charge in [0.1, 0.15) is 0 Å². The highest BCUT2D eigenvalue weighted by molar-refractivity contribution is 6.27. The minimum atomic E-state index is -5.26. The van der Waals surface area contributed by atoms with Gasteiger partial charge in [-0.3, -0.25) is 0 Å². The Hall–Kier alpha value is -12.5. The molecule has 0 saturated heterocycles. The lowest BCUT2D eigenvalue weighted by Gasteiger charge is -2.32. The van der Waals surface area contributed by atoms with Gasteiger partial charge in [-0.05, 0) is 103 Å². The highest BCUT2D eigenvalue weighted by Gasteiger charge is 2.41. The van der Waals surface area contributed by atoms with Crippen molar-refractivity contribution < 1.29 is 26.3 Å². The molecule has 0 unspecified atom stereocenters. The van der Waals surface area contributed by atoms with Gasteiger partial charge < -0.3 is 27.4 Å². The van der Waals surface area contributed by atoms with Crippen LogP contribution in [-0.2, 0) is 12.4 Å². The van der Waals surface area contributed by atoms with E-state index in [0.717, 1.165) is 127 Å². The maximum atomic E-state index is 16.4. The Morgan fingerprint density at radius 2 is 0.469 bits per heavy atom. The lowest BCUT2D eigenvalue weighted by Crippen LogP contribution is -2.19. The van der Waals surface area contributed by atoms with E-state index < -0.39 is 23.5 Å². The van der Waals surface area contributed by atoms with Gasteiger partial charge in [0.15, 0.2) is 0 Å². The number of halogens is 6. The summed E-state index contributed by atoms with van der Waals surface area (Å²) in [4.78, 5) is 0. The molecular weight excluding hydrogens is 1230 g/mol. The summed E-state index contributed by atoms with van der Waals surface area (Å²) >= 11 is 0. The molecule has 0 aliphatic rings.